The minimum atomic E-state index is 0.195. The molecule has 2 aromatic rings. The molecule has 0 radical (unpaired) electrons. The van der Waals surface area contributed by atoms with E-state index in [9.17, 15) is 0 Å². The molecule has 20 heavy (non-hydrogen) atoms. The number of nitrogens with zero attached hydrogens (tertiary/aromatic N) is 1. The Morgan fingerprint density at radius 1 is 0.900 bits per heavy atom. The van der Waals surface area contributed by atoms with Crippen LogP contribution in [-0.4, -0.2) is 4.98 Å². The van der Waals surface area contributed by atoms with Crippen molar-refractivity contribution in [1.82, 2.24) is 4.98 Å². The maximum atomic E-state index is 4.97. The van der Waals surface area contributed by atoms with E-state index in [0.29, 0.717) is 5.92 Å². The summed E-state index contributed by atoms with van der Waals surface area (Å²) in [7, 11) is 0. The van der Waals surface area contributed by atoms with Gasteiger partial charge in [-0.2, -0.15) is 0 Å². The summed E-state index contributed by atoms with van der Waals surface area (Å²) >= 11 is 0. The average Bonchev–Trinajstić information content (AvgIpc) is 2.25. The summed E-state index contributed by atoms with van der Waals surface area (Å²) < 4.78 is 0. The molecule has 0 spiro atoms. The normalized spacial score (nSPS) is 13.2. The van der Waals surface area contributed by atoms with Crippen molar-refractivity contribution in [2.45, 2.75) is 54.4 Å². The molecule has 0 N–H and O–H groups in total. The Balaban J connectivity index is 2.66. The van der Waals surface area contributed by atoms with Gasteiger partial charge in [0.2, 0.25) is 0 Å². The first-order valence-corrected chi connectivity index (χ1v) is 7.47. The van der Waals surface area contributed by atoms with E-state index in [4.69, 9.17) is 4.98 Å². The van der Waals surface area contributed by atoms with Gasteiger partial charge >= 0.3 is 0 Å². The third-order valence-corrected chi connectivity index (χ3v) is 3.97. The summed E-state index contributed by atoms with van der Waals surface area (Å²) in [6.07, 6.45) is 0. The van der Waals surface area contributed by atoms with E-state index in [1.807, 2.05) is 0 Å². The fourth-order valence-electron chi connectivity index (χ4n) is 3.71. The Morgan fingerprint density at radius 2 is 1.45 bits per heavy atom. The second-order valence-electron chi connectivity index (χ2n) is 8.05. The monoisotopic (exact) mass is 269 g/mol. The number of hydrogen-bond acceptors (Lipinski definition) is 1. The van der Waals surface area contributed by atoms with E-state index >= 15 is 0 Å². The highest BCUT2D eigenvalue weighted by Crippen LogP contribution is 2.47. The van der Waals surface area contributed by atoms with Crippen LogP contribution in [0.1, 0.15) is 58.7 Å². The number of fused-ring (bicyclic) bond motifs is 1. The third-order valence-electron chi connectivity index (χ3n) is 3.97. The lowest BCUT2D eigenvalue weighted by atomic mass is 9.65. The van der Waals surface area contributed by atoms with Gasteiger partial charge in [0, 0.05) is 17.0 Å². The van der Waals surface area contributed by atoms with Crippen LogP contribution in [0.4, 0.5) is 0 Å². The average molecular weight is 269 g/mol. The van der Waals surface area contributed by atoms with Crippen molar-refractivity contribution >= 4 is 10.9 Å². The molecule has 0 saturated heterocycles. The van der Waals surface area contributed by atoms with Crippen LogP contribution >= 0.6 is 0 Å². The molecule has 0 aliphatic carbocycles. The molecule has 0 unspecified atom stereocenters. The number of benzene rings is 1. The van der Waals surface area contributed by atoms with Crippen LogP contribution in [0.25, 0.3) is 10.9 Å². The highest BCUT2D eigenvalue weighted by molar-refractivity contribution is 5.82. The van der Waals surface area contributed by atoms with Gasteiger partial charge in [-0.25, -0.2) is 0 Å². The summed E-state index contributed by atoms with van der Waals surface area (Å²) in [6.45, 7) is 16.1. The minimum Gasteiger partial charge on any atom is -0.252 e. The standard InChI is InChI=1S/C19H27N/c1-13-12-16(17(18(2,3)4)19(5,6)7)20-15-11-9-8-10-14(13)15/h8-12,17H,1-7H3. The van der Waals surface area contributed by atoms with Crippen molar-refractivity contribution < 1.29 is 0 Å². The number of pyridine rings is 1. The fraction of sp³-hybridized carbons (Fsp3) is 0.526. The van der Waals surface area contributed by atoms with Crippen LogP contribution in [0, 0.1) is 17.8 Å². The predicted molar refractivity (Wildman–Crippen MR) is 88.1 cm³/mol. The summed E-state index contributed by atoms with van der Waals surface area (Å²) in [5.41, 5.74) is 4.05. The summed E-state index contributed by atoms with van der Waals surface area (Å²) in [6, 6.07) is 10.7. The maximum absolute atomic E-state index is 4.97. The number of rotatable bonds is 1. The van der Waals surface area contributed by atoms with Gasteiger partial charge in [0.15, 0.2) is 0 Å². The molecular formula is C19H27N. The van der Waals surface area contributed by atoms with Crippen LogP contribution in [0.15, 0.2) is 30.3 Å². The van der Waals surface area contributed by atoms with E-state index in [0.717, 1.165) is 5.52 Å². The molecule has 108 valence electrons. The SMILES string of the molecule is Cc1cc(C(C(C)(C)C)C(C)(C)C)nc2ccccc12. The molecule has 1 heteroatoms. The van der Waals surface area contributed by atoms with E-state index < -0.39 is 0 Å². The van der Waals surface area contributed by atoms with Gasteiger partial charge in [-0.15, -0.1) is 0 Å². The Kier molecular flexibility index (Phi) is 3.66. The van der Waals surface area contributed by atoms with Crippen LogP contribution in [0.5, 0.6) is 0 Å². The van der Waals surface area contributed by atoms with E-state index in [-0.39, 0.29) is 10.8 Å². The summed E-state index contributed by atoms with van der Waals surface area (Å²) in [5, 5.41) is 1.26. The Labute approximate surface area is 123 Å². The Morgan fingerprint density at radius 3 is 2.00 bits per heavy atom. The first kappa shape index (κ1) is 15.0. The van der Waals surface area contributed by atoms with Gasteiger partial charge in [0.05, 0.1) is 5.52 Å². The largest absolute Gasteiger partial charge is 0.252 e. The molecule has 0 bridgehead atoms. The topological polar surface area (TPSA) is 12.9 Å². The zero-order valence-corrected chi connectivity index (χ0v) is 13.9. The molecule has 0 amide bonds. The van der Waals surface area contributed by atoms with Crippen molar-refractivity contribution in [2.75, 3.05) is 0 Å². The van der Waals surface area contributed by atoms with Gasteiger partial charge in [-0.05, 0) is 35.4 Å². The molecule has 1 nitrogen and oxygen atoms in total. The number of aromatic nitrogens is 1. The van der Waals surface area contributed by atoms with Crippen molar-refractivity contribution in [3.63, 3.8) is 0 Å². The summed E-state index contributed by atoms with van der Waals surface area (Å²) in [4.78, 5) is 4.97. The quantitative estimate of drug-likeness (QED) is 0.645. The number of hydrogen-bond donors (Lipinski definition) is 0. The van der Waals surface area contributed by atoms with E-state index in [2.05, 4.69) is 78.8 Å². The van der Waals surface area contributed by atoms with Gasteiger partial charge in [0.25, 0.3) is 0 Å². The number of aryl methyl sites for hydroxylation is 1. The molecular weight excluding hydrogens is 242 g/mol. The summed E-state index contributed by atoms with van der Waals surface area (Å²) in [5.74, 6) is 0.429. The maximum Gasteiger partial charge on any atom is 0.0708 e. The van der Waals surface area contributed by atoms with Gasteiger partial charge in [0.1, 0.15) is 0 Å². The second-order valence-corrected chi connectivity index (χ2v) is 8.05. The lowest BCUT2D eigenvalue weighted by Crippen LogP contribution is -2.31. The fourth-order valence-corrected chi connectivity index (χ4v) is 3.71. The molecule has 1 aromatic carbocycles. The van der Waals surface area contributed by atoms with Crippen LogP contribution < -0.4 is 0 Å². The molecule has 1 aromatic heterocycles. The van der Waals surface area contributed by atoms with Gasteiger partial charge < -0.3 is 0 Å². The van der Waals surface area contributed by atoms with Crippen molar-refractivity contribution in [3.8, 4) is 0 Å². The lowest BCUT2D eigenvalue weighted by Gasteiger charge is -2.40. The van der Waals surface area contributed by atoms with Gasteiger partial charge in [-0.3, -0.25) is 4.98 Å². The van der Waals surface area contributed by atoms with Crippen LogP contribution in [0.3, 0.4) is 0 Å². The van der Waals surface area contributed by atoms with Crippen LogP contribution in [-0.2, 0) is 0 Å². The molecule has 2 rings (SSSR count). The number of para-hydroxylation sites is 1. The zero-order valence-electron chi connectivity index (χ0n) is 13.9. The van der Waals surface area contributed by atoms with E-state index in [1.165, 1.54) is 16.6 Å². The smallest absolute Gasteiger partial charge is 0.0708 e. The third kappa shape index (κ3) is 2.87. The minimum absolute atomic E-state index is 0.195. The molecule has 0 fully saturated rings. The Bertz CT molecular complexity index is 598. The molecule has 0 aliphatic rings. The molecule has 0 saturated carbocycles. The van der Waals surface area contributed by atoms with Crippen molar-refractivity contribution in [2.24, 2.45) is 10.8 Å². The molecule has 0 atom stereocenters. The Hall–Kier alpha value is -1.37. The molecule has 1 heterocycles. The zero-order chi connectivity index (χ0) is 15.1. The first-order valence-electron chi connectivity index (χ1n) is 7.47. The second kappa shape index (κ2) is 4.87. The lowest BCUT2D eigenvalue weighted by molar-refractivity contribution is 0.172. The van der Waals surface area contributed by atoms with Crippen molar-refractivity contribution in [3.05, 3.63) is 41.6 Å². The predicted octanol–water partition coefficient (Wildman–Crippen LogP) is 5.72. The van der Waals surface area contributed by atoms with Gasteiger partial charge in [-0.1, -0.05) is 59.7 Å². The highest BCUT2D eigenvalue weighted by atomic mass is 14.7. The first-order chi connectivity index (χ1) is 9.10. The molecule has 0 aliphatic heterocycles. The highest BCUT2D eigenvalue weighted by Gasteiger charge is 2.37. The van der Waals surface area contributed by atoms with Crippen molar-refractivity contribution in [1.29, 1.82) is 0 Å². The van der Waals surface area contributed by atoms with E-state index in [1.54, 1.807) is 0 Å². The van der Waals surface area contributed by atoms with Crippen LogP contribution in [0.2, 0.25) is 0 Å².